The van der Waals surface area contributed by atoms with Gasteiger partial charge >= 0.3 is 5.69 Å². The molecular weight excluding hydrogens is 410 g/mol. The molecule has 11 nitrogen and oxygen atoms in total. The lowest BCUT2D eigenvalue weighted by atomic mass is 10.2. The van der Waals surface area contributed by atoms with Crippen LogP contribution < -0.4 is 10.3 Å². The molecule has 0 amide bonds. The highest BCUT2D eigenvalue weighted by molar-refractivity contribution is 7.89. The van der Waals surface area contributed by atoms with Gasteiger partial charge in [-0.1, -0.05) is 29.8 Å². The number of fused-ring (bicyclic) bond motifs is 1. The van der Waals surface area contributed by atoms with E-state index in [1.165, 1.54) is 23.0 Å². The number of aryl methyl sites for hydroxylation is 1. The number of nitrogens with zero attached hydrogens (tertiary/aromatic N) is 5. The topological polar surface area (TPSA) is 145 Å². The molecule has 0 radical (unpaired) electrons. The van der Waals surface area contributed by atoms with Gasteiger partial charge in [-0.3, -0.25) is 20.1 Å². The van der Waals surface area contributed by atoms with Gasteiger partial charge in [-0.25, -0.2) is 23.4 Å². The lowest BCUT2D eigenvalue weighted by Gasteiger charge is -2.11. The maximum Gasteiger partial charge on any atom is 0.355 e. The lowest BCUT2D eigenvalue weighted by molar-refractivity contribution is -0.384. The van der Waals surface area contributed by atoms with Crippen LogP contribution in [-0.4, -0.2) is 32.9 Å². The second-order valence-electron chi connectivity index (χ2n) is 6.30. The first-order chi connectivity index (χ1) is 14.4. The molecule has 2 aromatic carbocycles. The van der Waals surface area contributed by atoms with Crippen molar-refractivity contribution in [2.45, 2.75) is 11.8 Å². The predicted octanol–water partition coefficient (Wildman–Crippen LogP) is 2.34. The van der Waals surface area contributed by atoms with Crippen LogP contribution >= 0.6 is 0 Å². The summed E-state index contributed by atoms with van der Waals surface area (Å²) in [6.45, 7) is 1.83. The third-order valence-corrected chi connectivity index (χ3v) is 5.57. The van der Waals surface area contributed by atoms with E-state index in [1.54, 1.807) is 36.4 Å². The predicted molar refractivity (Wildman–Crippen MR) is 108 cm³/mol. The molecule has 2 N–H and O–H groups in total. The molecule has 0 saturated carbocycles. The average molecular weight is 425 g/mol. The molecule has 12 heteroatoms. The van der Waals surface area contributed by atoms with Gasteiger partial charge in [-0.2, -0.15) is 0 Å². The van der Waals surface area contributed by atoms with Crippen LogP contribution in [0.1, 0.15) is 5.56 Å². The van der Waals surface area contributed by atoms with Gasteiger partial charge in [0.2, 0.25) is 11.6 Å². The maximum atomic E-state index is 12.5. The number of nitro groups is 1. The number of hydrazine groups is 1. The number of sulfonamides is 1. The number of para-hydroxylation sites is 2. The molecule has 0 bridgehead atoms. The van der Waals surface area contributed by atoms with Crippen LogP contribution in [0.15, 0.2) is 66.1 Å². The zero-order valence-electron chi connectivity index (χ0n) is 15.6. The van der Waals surface area contributed by atoms with E-state index in [2.05, 4.69) is 25.2 Å². The Hall–Kier alpha value is -3.90. The number of hydrogen-bond acceptors (Lipinski definition) is 8. The second kappa shape index (κ2) is 7.50. The van der Waals surface area contributed by atoms with E-state index < -0.39 is 20.6 Å². The zero-order chi connectivity index (χ0) is 21.3. The van der Waals surface area contributed by atoms with Crippen molar-refractivity contribution in [2.24, 2.45) is 0 Å². The van der Waals surface area contributed by atoms with E-state index in [9.17, 15) is 18.5 Å². The Balaban J connectivity index is 1.72. The third kappa shape index (κ3) is 3.56. The van der Waals surface area contributed by atoms with Gasteiger partial charge in [-0.15, -0.1) is 4.83 Å². The Kier molecular flexibility index (Phi) is 4.85. The molecule has 0 saturated heterocycles. The maximum absolute atomic E-state index is 12.5. The molecule has 0 fully saturated rings. The Morgan fingerprint density at radius 1 is 1.03 bits per heavy atom. The fourth-order valence-electron chi connectivity index (χ4n) is 2.83. The van der Waals surface area contributed by atoms with Crippen molar-refractivity contribution in [3.63, 3.8) is 0 Å². The van der Waals surface area contributed by atoms with E-state index in [0.29, 0.717) is 11.0 Å². The number of nitrogens with one attached hydrogen (secondary N) is 2. The molecule has 30 heavy (non-hydrogen) atoms. The number of rotatable bonds is 6. The van der Waals surface area contributed by atoms with Crippen LogP contribution in [0.2, 0.25) is 0 Å². The first-order valence-electron chi connectivity index (χ1n) is 8.63. The monoisotopic (exact) mass is 425 g/mol. The van der Waals surface area contributed by atoms with E-state index in [0.717, 1.165) is 11.9 Å². The molecule has 0 spiro atoms. The molecule has 4 aromatic rings. The highest BCUT2D eigenvalue weighted by atomic mass is 32.2. The van der Waals surface area contributed by atoms with Crippen molar-refractivity contribution >= 4 is 32.6 Å². The fourth-order valence-corrected chi connectivity index (χ4v) is 3.67. The van der Waals surface area contributed by atoms with Crippen LogP contribution in [0.4, 0.5) is 11.5 Å². The Bertz CT molecular complexity index is 1350. The van der Waals surface area contributed by atoms with Gasteiger partial charge < -0.3 is 0 Å². The van der Waals surface area contributed by atoms with E-state index in [-0.39, 0.29) is 16.5 Å². The molecule has 2 aromatic heterocycles. The number of anilines is 1. The molecule has 0 atom stereocenters. The SMILES string of the molecule is Cc1ccc(S(=O)(=O)NNc2ncnc(-n3cnc4ccccc43)c2[N+](=O)[O-])cc1. The van der Waals surface area contributed by atoms with E-state index in [4.69, 9.17) is 0 Å². The van der Waals surface area contributed by atoms with Gasteiger partial charge in [0.05, 0.1) is 20.9 Å². The van der Waals surface area contributed by atoms with Crippen molar-refractivity contribution in [2.75, 3.05) is 5.43 Å². The summed E-state index contributed by atoms with van der Waals surface area (Å²) in [5.41, 5.74) is 3.95. The van der Waals surface area contributed by atoms with Crippen LogP contribution in [0.25, 0.3) is 16.9 Å². The zero-order valence-corrected chi connectivity index (χ0v) is 16.4. The Morgan fingerprint density at radius 2 is 1.77 bits per heavy atom. The second-order valence-corrected chi connectivity index (χ2v) is 7.98. The first-order valence-corrected chi connectivity index (χ1v) is 10.1. The number of benzene rings is 2. The van der Waals surface area contributed by atoms with Crippen molar-refractivity contribution in [3.8, 4) is 5.82 Å². The summed E-state index contributed by atoms with van der Waals surface area (Å²) in [4.78, 5) is 25.3. The molecule has 0 aliphatic rings. The van der Waals surface area contributed by atoms with Crippen LogP contribution in [0.5, 0.6) is 0 Å². The van der Waals surface area contributed by atoms with Gasteiger partial charge in [0.15, 0.2) is 0 Å². The molecule has 0 aliphatic heterocycles. The molecule has 0 unspecified atom stereocenters. The summed E-state index contributed by atoms with van der Waals surface area (Å²) in [6.07, 6.45) is 2.50. The average Bonchev–Trinajstić information content (AvgIpc) is 3.16. The van der Waals surface area contributed by atoms with Crippen molar-refractivity contribution in [1.82, 2.24) is 24.4 Å². The van der Waals surface area contributed by atoms with Gasteiger partial charge in [0.25, 0.3) is 10.0 Å². The quantitative estimate of drug-likeness (QED) is 0.354. The molecular formula is C18H15N7O4S. The summed E-state index contributed by atoms with van der Waals surface area (Å²) in [5.74, 6) is -0.362. The summed E-state index contributed by atoms with van der Waals surface area (Å²) >= 11 is 0. The van der Waals surface area contributed by atoms with E-state index in [1.807, 2.05) is 6.92 Å². The Labute approximate surface area is 170 Å². The minimum absolute atomic E-state index is 0.00173. The standard InChI is InChI=1S/C18H15N7O4S/c1-12-6-8-13(9-7-12)30(28,29)23-22-17-16(25(26)27)18(20-10-19-17)24-11-21-14-4-2-3-5-15(14)24/h2-11,23H,1H3,(H,19,20,22). The molecule has 152 valence electrons. The Morgan fingerprint density at radius 3 is 2.50 bits per heavy atom. The van der Waals surface area contributed by atoms with Crippen LogP contribution in [0, 0.1) is 17.0 Å². The number of imidazole rings is 1. The van der Waals surface area contributed by atoms with E-state index >= 15 is 0 Å². The number of hydrogen-bond donors (Lipinski definition) is 2. The minimum Gasteiger partial charge on any atom is -0.286 e. The molecule has 2 heterocycles. The summed E-state index contributed by atoms with van der Waals surface area (Å²) in [7, 11) is -3.98. The van der Waals surface area contributed by atoms with Crippen molar-refractivity contribution < 1.29 is 13.3 Å². The summed E-state index contributed by atoms with van der Waals surface area (Å²) < 4.78 is 26.4. The van der Waals surface area contributed by atoms with Gasteiger partial charge in [0, 0.05) is 0 Å². The van der Waals surface area contributed by atoms with Crippen molar-refractivity contribution in [3.05, 3.63) is 76.9 Å². The first kappa shape index (κ1) is 19.4. The fraction of sp³-hybridized carbons (Fsp3) is 0.0556. The highest BCUT2D eigenvalue weighted by Gasteiger charge is 2.26. The summed E-state index contributed by atoms with van der Waals surface area (Å²) in [6, 6.07) is 13.2. The highest BCUT2D eigenvalue weighted by Crippen LogP contribution is 2.29. The molecule has 0 aliphatic carbocycles. The van der Waals surface area contributed by atoms with Crippen LogP contribution in [0.3, 0.4) is 0 Å². The normalized spacial score (nSPS) is 11.5. The van der Waals surface area contributed by atoms with Gasteiger partial charge in [0.1, 0.15) is 12.7 Å². The van der Waals surface area contributed by atoms with Gasteiger partial charge in [-0.05, 0) is 31.2 Å². The third-order valence-electron chi connectivity index (χ3n) is 4.30. The minimum atomic E-state index is -3.98. The molecule has 4 rings (SSSR count). The van der Waals surface area contributed by atoms with Crippen molar-refractivity contribution in [1.29, 1.82) is 0 Å². The largest absolute Gasteiger partial charge is 0.355 e. The smallest absolute Gasteiger partial charge is 0.286 e. The van der Waals surface area contributed by atoms with Crippen LogP contribution in [-0.2, 0) is 10.0 Å². The summed E-state index contributed by atoms with van der Waals surface area (Å²) in [5, 5.41) is 11.8. The lowest BCUT2D eigenvalue weighted by Crippen LogP contribution is -2.30. The number of aromatic nitrogens is 4.